The van der Waals surface area contributed by atoms with E-state index in [1.807, 2.05) is 0 Å². The Kier molecular flexibility index (Phi) is 3.74. The summed E-state index contributed by atoms with van der Waals surface area (Å²) in [5, 5.41) is 0. The summed E-state index contributed by atoms with van der Waals surface area (Å²) in [6.07, 6.45) is 0. The first kappa shape index (κ1) is 13.2. The number of halogens is 2. The Hall–Kier alpha value is -0.886. The molecular weight excluding hydrogens is 246 g/mol. The first-order chi connectivity index (χ1) is 7.16. The van der Waals surface area contributed by atoms with Crippen LogP contribution in [0.3, 0.4) is 0 Å². The van der Waals surface area contributed by atoms with Crippen LogP contribution in [-0.2, 0) is 0 Å². The van der Waals surface area contributed by atoms with Gasteiger partial charge in [0.25, 0.3) is 0 Å². The van der Waals surface area contributed by atoms with E-state index >= 15 is 0 Å². The van der Waals surface area contributed by atoms with Crippen LogP contribution in [0.2, 0.25) is 26.2 Å². The van der Waals surface area contributed by atoms with Crippen LogP contribution in [0.1, 0.15) is 0 Å². The zero-order valence-corrected chi connectivity index (χ0v) is 11.9. The summed E-state index contributed by atoms with van der Waals surface area (Å²) in [7, 11) is -6.14. The molecule has 0 fully saturated rings. The molecule has 1 aromatic carbocycles. The lowest BCUT2D eigenvalue weighted by Gasteiger charge is -2.17. The van der Waals surface area contributed by atoms with Gasteiger partial charge in [-0.1, -0.05) is 0 Å². The Morgan fingerprint density at radius 1 is 0.750 bits per heavy atom. The third kappa shape index (κ3) is 5.27. The van der Waals surface area contributed by atoms with Crippen molar-refractivity contribution in [1.82, 2.24) is 0 Å². The molecule has 0 unspecified atom stereocenters. The van der Waals surface area contributed by atoms with Gasteiger partial charge in [0.1, 0.15) is 11.5 Å². The fourth-order valence-electron chi connectivity index (χ4n) is 1.14. The van der Waals surface area contributed by atoms with Crippen molar-refractivity contribution in [3.05, 3.63) is 24.3 Å². The van der Waals surface area contributed by atoms with Crippen molar-refractivity contribution in [2.24, 2.45) is 0 Å². The van der Waals surface area contributed by atoms with Gasteiger partial charge in [0.2, 0.25) is 0 Å². The molecule has 0 saturated heterocycles. The Balaban J connectivity index is 2.69. The van der Waals surface area contributed by atoms with Crippen molar-refractivity contribution >= 4 is 17.3 Å². The van der Waals surface area contributed by atoms with Gasteiger partial charge in [0.15, 0.2) is 0 Å². The molecular formula is C10H16F2O2Si2. The molecule has 0 aliphatic heterocycles. The molecule has 0 spiro atoms. The van der Waals surface area contributed by atoms with Gasteiger partial charge < -0.3 is 8.85 Å². The molecule has 0 aliphatic carbocycles. The van der Waals surface area contributed by atoms with Gasteiger partial charge in [-0.25, -0.2) is 0 Å². The van der Waals surface area contributed by atoms with Crippen molar-refractivity contribution in [3.63, 3.8) is 0 Å². The lowest BCUT2D eigenvalue weighted by Crippen LogP contribution is -2.28. The van der Waals surface area contributed by atoms with E-state index in [4.69, 9.17) is 8.85 Å². The maximum Gasteiger partial charge on any atom is 0.434 e. The molecule has 0 aromatic heterocycles. The van der Waals surface area contributed by atoms with E-state index < -0.39 is 17.3 Å². The smallest absolute Gasteiger partial charge is 0.434 e. The largest absolute Gasteiger partial charge is 0.518 e. The summed E-state index contributed by atoms with van der Waals surface area (Å²) in [6, 6.07) is 6.35. The number of rotatable bonds is 4. The lowest BCUT2D eigenvalue weighted by molar-refractivity contribution is 0.465. The second-order valence-corrected chi connectivity index (χ2v) is 10.3. The molecule has 0 aliphatic rings. The van der Waals surface area contributed by atoms with E-state index in [1.54, 1.807) is 24.3 Å². The summed E-state index contributed by atoms with van der Waals surface area (Å²) in [5.41, 5.74) is 0. The van der Waals surface area contributed by atoms with E-state index in [0.29, 0.717) is 11.5 Å². The van der Waals surface area contributed by atoms with Crippen molar-refractivity contribution in [2.45, 2.75) is 26.2 Å². The van der Waals surface area contributed by atoms with Gasteiger partial charge in [0, 0.05) is 0 Å². The van der Waals surface area contributed by atoms with E-state index in [1.165, 1.54) is 26.2 Å². The third-order valence-corrected chi connectivity index (χ3v) is 2.99. The quantitative estimate of drug-likeness (QED) is 0.607. The zero-order chi connectivity index (χ0) is 12.4. The highest BCUT2D eigenvalue weighted by atomic mass is 28.4. The molecule has 1 rings (SSSR count). The summed E-state index contributed by atoms with van der Waals surface area (Å²) in [6.45, 7) is 5.81. The minimum Gasteiger partial charge on any atom is -0.518 e. The lowest BCUT2D eigenvalue weighted by atomic mass is 10.3. The molecule has 0 saturated carbocycles. The fourth-order valence-corrected chi connectivity index (χ4v) is 2.53. The van der Waals surface area contributed by atoms with Gasteiger partial charge in [-0.2, -0.15) is 0 Å². The fraction of sp³-hybridized carbons (Fsp3) is 0.400. The average molecular weight is 262 g/mol. The first-order valence-corrected chi connectivity index (χ1v) is 10.6. The van der Waals surface area contributed by atoms with Crippen LogP contribution in [0.4, 0.5) is 8.22 Å². The summed E-state index contributed by atoms with van der Waals surface area (Å²) in [5.74, 6) is 0.898. The van der Waals surface area contributed by atoms with E-state index in [0.717, 1.165) is 0 Å². The Morgan fingerprint density at radius 3 is 1.19 bits per heavy atom. The second kappa shape index (κ2) is 4.54. The molecule has 0 amide bonds. The SMILES string of the molecule is C[Si](C)(F)Oc1ccc(O[Si](C)(C)F)cc1. The van der Waals surface area contributed by atoms with Gasteiger partial charge in [-0.3, -0.25) is 8.22 Å². The highest BCUT2D eigenvalue weighted by molar-refractivity contribution is 6.65. The molecule has 0 atom stereocenters. The summed E-state index contributed by atoms with van der Waals surface area (Å²) >= 11 is 0. The van der Waals surface area contributed by atoms with Crippen molar-refractivity contribution in [1.29, 1.82) is 0 Å². The summed E-state index contributed by atoms with van der Waals surface area (Å²) in [4.78, 5) is 0. The van der Waals surface area contributed by atoms with E-state index in [-0.39, 0.29) is 0 Å². The number of benzene rings is 1. The molecule has 6 heteroatoms. The molecule has 0 N–H and O–H groups in total. The molecule has 1 aromatic rings. The number of hydrogen-bond donors (Lipinski definition) is 0. The Bertz CT molecular complexity index is 306. The summed E-state index contributed by atoms with van der Waals surface area (Å²) < 4.78 is 36.8. The minimum atomic E-state index is -3.07. The van der Waals surface area contributed by atoms with Gasteiger partial charge in [-0.05, 0) is 50.5 Å². The van der Waals surface area contributed by atoms with Crippen molar-refractivity contribution in [2.75, 3.05) is 0 Å². The minimum absolute atomic E-state index is 0.449. The molecule has 0 radical (unpaired) electrons. The van der Waals surface area contributed by atoms with Crippen LogP contribution in [0.5, 0.6) is 11.5 Å². The standard InChI is InChI=1S/C10H16F2O2Si2/c1-15(2,11)13-9-5-7-10(8-6-9)14-16(3,4)12/h5-8H,1-4H3. The van der Waals surface area contributed by atoms with Crippen LogP contribution in [0, 0.1) is 0 Å². The third-order valence-electron chi connectivity index (χ3n) is 1.54. The van der Waals surface area contributed by atoms with Gasteiger partial charge in [-0.15, -0.1) is 0 Å². The van der Waals surface area contributed by atoms with Gasteiger partial charge >= 0.3 is 17.3 Å². The van der Waals surface area contributed by atoms with Crippen LogP contribution in [-0.4, -0.2) is 17.3 Å². The van der Waals surface area contributed by atoms with E-state index in [9.17, 15) is 8.22 Å². The monoisotopic (exact) mass is 262 g/mol. The molecule has 0 bridgehead atoms. The molecule has 2 nitrogen and oxygen atoms in total. The molecule has 16 heavy (non-hydrogen) atoms. The molecule has 90 valence electrons. The highest BCUT2D eigenvalue weighted by Crippen LogP contribution is 2.23. The van der Waals surface area contributed by atoms with Gasteiger partial charge in [0.05, 0.1) is 0 Å². The normalized spacial score (nSPS) is 12.4. The van der Waals surface area contributed by atoms with Crippen LogP contribution in [0.25, 0.3) is 0 Å². The predicted octanol–water partition coefficient (Wildman–Crippen LogP) is 3.79. The average Bonchev–Trinajstić information content (AvgIpc) is 2.03. The van der Waals surface area contributed by atoms with Crippen LogP contribution < -0.4 is 8.85 Å². The predicted molar refractivity (Wildman–Crippen MR) is 64.9 cm³/mol. The van der Waals surface area contributed by atoms with E-state index in [2.05, 4.69) is 0 Å². The highest BCUT2D eigenvalue weighted by Gasteiger charge is 2.25. The Morgan fingerprint density at radius 2 is 1.00 bits per heavy atom. The van der Waals surface area contributed by atoms with Crippen LogP contribution in [0.15, 0.2) is 24.3 Å². The second-order valence-electron chi connectivity index (χ2n) is 4.40. The maximum atomic E-state index is 13.3. The molecule has 0 heterocycles. The Labute approximate surface area is 96.8 Å². The van der Waals surface area contributed by atoms with Crippen molar-refractivity contribution in [3.8, 4) is 11.5 Å². The zero-order valence-electron chi connectivity index (χ0n) is 9.88. The topological polar surface area (TPSA) is 18.5 Å². The first-order valence-electron chi connectivity index (χ1n) is 5.02. The van der Waals surface area contributed by atoms with Crippen LogP contribution >= 0.6 is 0 Å². The van der Waals surface area contributed by atoms with Crippen molar-refractivity contribution < 1.29 is 17.1 Å². The maximum absolute atomic E-state index is 13.3. The number of hydrogen-bond acceptors (Lipinski definition) is 2.